The van der Waals surface area contributed by atoms with Crippen LogP contribution in [0, 0.1) is 0 Å². The fourth-order valence-corrected chi connectivity index (χ4v) is 2.72. The quantitative estimate of drug-likeness (QED) is 0.749. The Morgan fingerprint density at radius 3 is 2.22 bits per heavy atom. The van der Waals surface area contributed by atoms with Crippen LogP contribution in [0.1, 0.15) is 13.3 Å². The average molecular weight is 379 g/mol. The van der Waals surface area contributed by atoms with Gasteiger partial charge in [0.25, 0.3) is 0 Å². The van der Waals surface area contributed by atoms with E-state index in [-0.39, 0.29) is 18.4 Å². The molecule has 0 bridgehead atoms. The molecule has 1 saturated heterocycles. The fraction of sp³-hybridized carbons (Fsp3) is 0.500. The molecule has 1 heterocycles. The van der Waals surface area contributed by atoms with Gasteiger partial charge in [-0.05, 0) is 19.1 Å². The monoisotopic (exact) mass is 379 g/mol. The molecule has 0 unspecified atom stereocenters. The average Bonchev–Trinajstić information content (AvgIpc) is 2.68. The molecule has 1 aromatic carbocycles. The molecule has 0 saturated carbocycles. The van der Waals surface area contributed by atoms with Gasteiger partial charge in [-0.1, -0.05) is 0 Å². The third kappa shape index (κ3) is 5.50. The Morgan fingerprint density at radius 2 is 1.63 bits per heavy atom. The van der Waals surface area contributed by atoms with Crippen LogP contribution in [0.15, 0.2) is 18.2 Å². The van der Waals surface area contributed by atoms with Gasteiger partial charge in [0.15, 0.2) is 11.5 Å². The second-order valence-corrected chi connectivity index (χ2v) is 5.86. The summed E-state index contributed by atoms with van der Waals surface area (Å²) < 4.78 is 15.3. The minimum atomic E-state index is -0.417. The minimum Gasteiger partial charge on any atom is -0.493 e. The van der Waals surface area contributed by atoms with E-state index < -0.39 is 5.91 Å². The number of piperazine rings is 1. The third-order valence-corrected chi connectivity index (χ3v) is 4.14. The van der Waals surface area contributed by atoms with Gasteiger partial charge in [0, 0.05) is 37.9 Å². The maximum Gasteiger partial charge on any atom is 0.409 e. The molecule has 27 heavy (non-hydrogen) atoms. The summed E-state index contributed by atoms with van der Waals surface area (Å²) in [6.07, 6.45) is -0.649. The van der Waals surface area contributed by atoms with E-state index in [4.69, 9.17) is 14.2 Å². The highest BCUT2D eigenvalue weighted by atomic mass is 16.6. The van der Waals surface area contributed by atoms with Crippen molar-refractivity contribution in [2.75, 3.05) is 52.3 Å². The number of hydrogen-bond donors (Lipinski definition) is 1. The molecule has 9 heteroatoms. The van der Waals surface area contributed by atoms with E-state index in [1.54, 1.807) is 34.9 Å². The number of nitrogens with zero attached hydrogens (tertiary/aromatic N) is 2. The first-order valence-electron chi connectivity index (χ1n) is 8.69. The predicted molar refractivity (Wildman–Crippen MR) is 98.0 cm³/mol. The Morgan fingerprint density at radius 1 is 1.00 bits per heavy atom. The molecule has 1 fully saturated rings. The van der Waals surface area contributed by atoms with Crippen molar-refractivity contribution in [3.63, 3.8) is 0 Å². The second-order valence-electron chi connectivity index (χ2n) is 5.86. The summed E-state index contributed by atoms with van der Waals surface area (Å²) >= 11 is 0. The molecule has 1 aliphatic heterocycles. The molecule has 0 spiro atoms. The van der Waals surface area contributed by atoms with Gasteiger partial charge in [-0.3, -0.25) is 9.59 Å². The SMILES string of the molecule is CCOC(=O)N1CCN(C(=O)CC(=O)Nc2ccc(OC)c(OC)c2)CC1. The van der Waals surface area contributed by atoms with Gasteiger partial charge in [-0.15, -0.1) is 0 Å². The Balaban J connectivity index is 1.84. The molecule has 3 amide bonds. The molecular formula is C18H25N3O6. The summed E-state index contributed by atoms with van der Waals surface area (Å²) in [5, 5.41) is 2.68. The molecular weight excluding hydrogens is 354 g/mol. The van der Waals surface area contributed by atoms with Gasteiger partial charge in [0.05, 0.1) is 20.8 Å². The van der Waals surface area contributed by atoms with Crippen molar-refractivity contribution in [3.05, 3.63) is 18.2 Å². The molecule has 2 rings (SSSR count). The summed E-state index contributed by atoms with van der Waals surface area (Å²) in [7, 11) is 3.03. The molecule has 0 aromatic heterocycles. The van der Waals surface area contributed by atoms with E-state index in [1.807, 2.05) is 0 Å². The highest BCUT2D eigenvalue weighted by Gasteiger charge is 2.25. The highest BCUT2D eigenvalue weighted by Crippen LogP contribution is 2.29. The number of carbonyl (C=O) groups excluding carboxylic acids is 3. The number of methoxy groups -OCH3 is 2. The summed E-state index contributed by atoms with van der Waals surface area (Å²) in [4.78, 5) is 39.3. The molecule has 0 aliphatic carbocycles. The zero-order valence-corrected chi connectivity index (χ0v) is 15.8. The Hall–Kier alpha value is -2.97. The van der Waals surface area contributed by atoms with Crippen LogP contribution in [0.25, 0.3) is 0 Å². The second kappa shape index (κ2) is 9.65. The molecule has 0 radical (unpaired) electrons. The van der Waals surface area contributed by atoms with E-state index in [1.165, 1.54) is 14.2 Å². The molecule has 1 aliphatic rings. The minimum absolute atomic E-state index is 0.270. The maximum atomic E-state index is 12.3. The first-order chi connectivity index (χ1) is 13.0. The summed E-state index contributed by atoms with van der Waals surface area (Å²) in [6.45, 7) is 3.59. The number of benzene rings is 1. The molecule has 1 aromatic rings. The molecule has 0 atom stereocenters. The predicted octanol–water partition coefficient (Wildman–Crippen LogP) is 1.33. The lowest BCUT2D eigenvalue weighted by Crippen LogP contribution is -2.51. The lowest BCUT2D eigenvalue weighted by atomic mass is 10.2. The van der Waals surface area contributed by atoms with Crippen LogP contribution in [-0.2, 0) is 14.3 Å². The van der Waals surface area contributed by atoms with Gasteiger partial charge >= 0.3 is 6.09 Å². The number of anilines is 1. The fourth-order valence-electron chi connectivity index (χ4n) is 2.72. The standard InChI is InChI=1S/C18H25N3O6/c1-4-27-18(24)21-9-7-20(8-10-21)17(23)12-16(22)19-13-5-6-14(25-2)15(11-13)26-3/h5-6,11H,4,7-10,12H2,1-3H3,(H,19,22). The van der Waals surface area contributed by atoms with Crippen molar-refractivity contribution in [1.29, 1.82) is 0 Å². The summed E-state index contributed by atoms with van der Waals surface area (Å²) in [5.74, 6) is 0.333. The number of amides is 3. The van der Waals surface area contributed by atoms with E-state index in [0.717, 1.165) is 0 Å². The van der Waals surface area contributed by atoms with Gasteiger partial charge in [-0.25, -0.2) is 4.79 Å². The molecule has 9 nitrogen and oxygen atoms in total. The lowest BCUT2D eigenvalue weighted by Gasteiger charge is -2.34. The zero-order chi connectivity index (χ0) is 19.8. The number of carbonyl (C=O) groups is 3. The molecule has 1 N–H and O–H groups in total. The van der Waals surface area contributed by atoms with Gasteiger partial charge in [-0.2, -0.15) is 0 Å². The zero-order valence-electron chi connectivity index (χ0n) is 15.8. The van der Waals surface area contributed by atoms with E-state index >= 15 is 0 Å². The number of rotatable bonds is 6. The Labute approximate surface area is 158 Å². The highest BCUT2D eigenvalue weighted by molar-refractivity contribution is 6.03. The number of hydrogen-bond acceptors (Lipinski definition) is 6. The van der Waals surface area contributed by atoms with Crippen molar-refractivity contribution in [3.8, 4) is 11.5 Å². The first-order valence-corrected chi connectivity index (χ1v) is 8.69. The van der Waals surface area contributed by atoms with Crippen LogP contribution < -0.4 is 14.8 Å². The van der Waals surface area contributed by atoms with E-state index in [2.05, 4.69) is 5.32 Å². The van der Waals surface area contributed by atoms with Crippen LogP contribution >= 0.6 is 0 Å². The van der Waals surface area contributed by atoms with Crippen LogP contribution in [-0.4, -0.2) is 74.7 Å². The first kappa shape index (κ1) is 20.3. The van der Waals surface area contributed by atoms with Crippen LogP contribution in [0.5, 0.6) is 11.5 Å². The number of nitrogens with one attached hydrogen (secondary N) is 1. The van der Waals surface area contributed by atoms with Crippen molar-refractivity contribution in [1.82, 2.24) is 9.80 Å². The number of ether oxygens (including phenoxy) is 3. The Bertz CT molecular complexity index is 686. The maximum absolute atomic E-state index is 12.3. The summed E-state index contributed by atoms with van der Waals surface area (Å²) in [5.41, 5.74) is 0.512. The smallest absolute Gasteiger partial charge is 0.409 e. The van der Waals surface area contributed by atoms with Gasteiger partial charge in [0.2, 0.25) is 11.8 Å². The summed E-state index contributed by atoms with van der Waals surface area (Å²) in [6, 6.07) is 4.96. The van der Waals surface area contributed by atoms with Crippen LogP contribution in [0.3, 0.4) is 0 Å². The molecule has 148 valence electrons. The van der Waals surface area contributed by atoms with Crippen molar-refractivity contribution < 1.29 is 28.6 Å². The van der Waals surface area contributed by atoms with Crippen molar-refractivity contribution in [2.24, 2.45) is 0 Å². The van der Waals surface area contributed by atoms with Crippen LogP contribution in [0.2, 0.25) is 0 Å². The van der Waals surface area contributed by atoms with Gasteiger partial charge < -0.3 is 29.3 Å². The lowest BCUT2D eigenvalue weighted by molar-refractivity contribution is -0.135. The Kier molecular flexibility index (Phi) is 7.27. The van der Waals surface area contributed by atoms with E-state index in [0.29, 0.717) is 50.0 Å². The van der Waals surface area contributed by atoms with Crippen molar-refractivity contribution in [2.45, 2.75) is 13.3 Å². The van der Waals surface area contributed by atoms with Crippen LogP contribution in [0.4, 0.5) is 10.5 Å². The van der Waals surface area contributed by atoms with Gasteiger partial charge in [0.1, 0.15) is 6.42 Å². The van der Waals surface area contributed by atoms with E-state index in [9.17, 15) is 14.4 Å². The normalized spacial score (nSPS) is 13.7. The topological polar surface area (TPSA) is 97.4 Å². The largest absolute Gasteiger partial charge is 0.493 e. The van der Waals surface area contributed by atoms with Crippen molar-refractivity contribution >= 4 is 23.6 Å². The third-order valence-electron chi connectivity index (χ3n) is 4.14.